The van der Waals surface area contributed by atoms with Crippen molar-refractivity contribution in [3.8, 4) is 0 Å². The summed E-state index contributed by atoms with van der Waals surface area (Å²) in [7, 11) is 0. The van der Waals surface area contributed by atoms with Gasteiger partial charge in [-0.25, -0.2) is 0 Å². The Morgan fingerprint density at radius 2 is 2.14 bits per heavy atom. The largest absolute Gasteiger partial charge is 0.305 e. The number of Topliss-reactive ketones (excluding diaryl/α,β-unsaturated/α-hetero) is 1. The lowest BCUT2D eigenvalue weighted by atomic mass is 10.1. The first-order valence-corrected chi connectivity index (χ1v) is 4.37. The number of nitro groups is 1. The van der Waals surface area contributed by atoms with Crippen molar-refractivity contribution >= 4 is 27.4 Å². The number of carbonyl (C=O) groups is 1. The number of rotatable bonds is 2. The topological polar surface area (TPSA) is 60.2 Å². The van der Waals surface area contributed by atoms with Crippen molar-refractivity contribution in [2.24, 2.45) is 0 Å². The minimum absolute atomic E-state index is 0.216. The molecule has 0 amide bonds. The van der Waals surface area contributed by atoms with Crippen molar-refractivity contribution in [3.63, 3.8) is 0 Å². The fraction of sp³-hybridized carbons (Fsp3) is 0.125. The average Bonchev–Trinajstić information content (AvgIpc) is 2.02. The highest BCUT2D eigenvalue weighted by Gasteiger charge is 2.22. The highest BCUT2D eigenvalue weighted by atomic mass is 79.9. The second-order valence-electron chi connectivity index (χ2n) is 2.57. The van der Waals surface area contributed by atoms with Crippen LogP contribution in [0.2, 0.25) is 0 Å². The molecule has 0 aliphatic rings. The Morgan fingerprint density at radius 3 is 2.57 bits per heavy atom. The molecule has 0 aromatic heterocycles. The van der Waals surface area contributed by atoms with E-state index in [1.54, 1.807) is 0 Å². The first-order chi connectivity index (χ1) is 6.45. The van der Waals surface area contributed by atoms with Crippen LogP contribution in [0.4, 0.5) is 10.1 Å². The van der Waals surface area contributed by atoms with Gasteiger partial charge in [0.05, 0.1) is 10.5 Å². The maximum absolute atomic E-state index is 13.3. The molecular weight excluding hydrogens is 257 g/mol. The molecule has 1 aromatic carbocycles. The lowest BCUT2D eigenvalue weighted by Crippen LogP contribution is -2.02. The molecule has 0 bridgehead atoms. The quantitative estimate of drug-likeness (QED) is 0.467. The number of ketones is 1. The van der Waals surface area contributed by atoms with Crippen LogP contribution in [-0.4, -0.2) is 10.7 Å². The van der Waals surface area contributed by atoms with E-state index in [0.717, 1.165) is 13.0 Å². The van der Waals surface area contributed by atoms with Crippen LogP contribution >= 0.6 is 15.9 Å². The summed E-state index contributed by atoms with van der Waals surface area (Å²) < 4.78 is 13.6. The maximum atomic E-state index is 13.3. The molecule has 0 N–H and O–H groups in total. The zero-order valence-corrected chi connectivity index (χ0v) is 8.67. The Labute approximate surface area is 87.0 Å². The van der Waals surface area contributed by atoms with E-state index in [2.05, 4.69) is 15.9 Å². The van der Waals surface area contributed by atoms with Crippen molar-refractivity contribution in [3.05, 3.63) is 38.1 Å². The van der Waals surface area contributed by atoms with Crippen LogP contribution < -0.4 is 0 Å². The summed E-state index contributed by atoms with van der Waals surface area (Å²) in [5, 5.41) is 10.3. The molecule has 0 saturated carbocycles. The highest BCUT2D eigenvalue weighted by Crippen LogP contribution is 2.27. The van der Waals surface area contributed by atoms with Crippen LogP contribution in [0.15, 0.2) is 16.6 Å². The number of benzene rings is 1. The minimum Gasteiger partial charge on any atom is -0.294 e. The third-order valence-electron chi connectivity index (χ3n) is 1.62. The number of carbonyl (C=O) groups excluding carboxylic acids is 1. The van der Waals surface area contributed by atoms with E-state index in [1.807, 2.05) is 0 Å². The zero-order chi connectivity index (χ0) is 10.9. The maximum Gasteiger partial charge on any atom is 0.305 e. The number of halogens is 2. The van der Waals surface area contributed by atoms with Crippen molar-refractivity contribution < 1.29 is 14.1 Å². The molecular formula is C8H5BrFNO3. The molecule has 1 rings (SSSR count). The van der Waals surface area contributed by atoms with Gasteiger partial charge in [-0.15, -0.1) is 0 Å². The second-order valence-corrected chi connectivity index (χ2v) is 3.42. The van der Waals surface area contributed by atoms with Gasteiger partial charge in [-0.3, -0.25) is 14.9 Å². The average molecular weight is 262 g/mol. The van der Waals surface area contributed by atoms with Gasteiger partial charge >= 0.3 is 5.69 Å². The number of hydrogen-bond donors (Lipinski definition) is 0. The van der Waals surface area contributed by atoms with Gasteiger partial charge in [-0.1, -0.05) is 0 Å². The Bertz CT molecular complexity index is 419. The third-order valence-corrected chi connectivity index (χ3v) is 2.28. The molecule has 6 heteroatoms. The fourth-order valence-corrected chi connectivity index (χ4v) is 1.59. The van der Waals surface area contributed by atoms with Crippen LogP contribution in [0.3, 0.4) is 0 Å². The number of nitrogens with zero attached hydrogens (tertiary/aromatic N) is 1. The molecule has 74 valence electrons. The fourth-order valence-electron chi connectivity index (χ4n) is 1.01. The van der Waals surface area contributed by atoms with Crippen LogP contribution in [0.1, 0.15) is 17.3 Å². The molecule has 0 fully saturated rings. The predicted molar refractivity (Wildman–Crippen MR) is 50.8 cm³/mol. The number of nitro benzene ring substituents is 1. The Hall–Kier alpha value is -1.30. The molecule has 0 spiro atoms. The smallest absolute Gasteiger partial charge is 0.294 e. The summed E-state index contributed by atoms with van der Waals surface area (Å²) in [5.41, 5.74) is -0.988. The number of hydrogen-bond acceptors (Lipinski definition) is 3. The molecule has 0 aliphatic carbocycles. The van der Waals surface area contributed by atoms with E-state index in [9.17, 15) is 19.3 Å². The molecule has 0 saturated heterocycles. The summed E-state index contributed by atoms with van der Waals surface area (Å²) in [6.45, 7) is 1.15. The van der Waals surface area contributed by atoms with Gasteiger partial charge < -0.3 is 0 Å². The van der Waals surface area contributed by atoms with Gasteiger partial charge in [-0.2, -0.15) is 4.39 Å². The van der Waals surface area contributed by atoms with Crippen molar-refractivity contribution in [2.45, 2.75) is 6.92 Å². The van der Waals surface area contributed by atoms with Crippen molar-refractivity contribution in [1.29, 1.82) is 0 Å². The van der Waals surface area contributed by atoms with Crippen LogP contribution in [0.25, 0.3) is 0 Å². The SMILES string of the molecule is CC(=O)c1c(Br)ccc([N+](=O)[O-])c1F. The van der Waals surface area contributed by atoms with Gasteiger partial charge in [0.1, 0.15) is 0 Å². The van der Waals surface area contributed by atoms with Crippen LogP contribution in [0.5, 0.6) is 0 Å². The molecule has 4 nitrogen and oxygen atoms in total. The predicted octanol–water partition coefficient (Wildman–Crippen LogP) is 2.70. The first kappa shape index (κ1) is 10.8. The van der Waals surface area contributed by atoms with Gasteiger partial charge in [0, 0.05) is 10.5 Å². The Balaban J connectivity index is 3.49. The Kier molecular flexibility index (Phi) is 2.95. The standard InChI is InChI=1S/C8H5BrFNO3/c1-4(12)7-5(9)2-3-6(8(7)10)11(13)14/h2-3H,1H3. The molecule has 0 heterocycles. The van der Waals surface area contributed by atoms with Crippen molar-refractivity contribution in [2.75, 3.05) is 0 Å². The molecule has 0 radical (unpaired) electrons. The highest BCUT2D eigenvalue weighted by molar-refractivity contribution is 9.10. The van der Waals surface area contributed by atoms with Crippen LogP contribution in [-0.2, 0) is 0 Å². The van der Waals surface area contributed by atoms with Crippen molar-refractivity contribution in [1.82, 2.24) is 0 Å². The summed E-state index contributed by atoms with van der Waals surface area (Å²) >= 11 is 2.95. The lowest BCUT2D eigenvalue weighted by Gasteiger charge is -2.01. The summed E-state index contributed by atoms with van der Waals surface area (Å²) in [5.74, 6) is -1.66. The Morgan fingerprint density at radius 1 is 1.57 bits per heavy atom. The second kappa shape index (κ2) is 3.83. The molecule has 0 atom stereocenters. The molecule has 0 unspecified atom stereocenters. The first-order valence-electron chi connectivity index (χ1n) is 3.58. The monoisotopic (exact) mass is 261 g/mol. The van der Waals surface area contributed by atoms with E-state index >= 15 is 0 Å². The zero-order valence-electron chi connectivity index (χ0n) is 7.08. The summed E-state index contributed by atoms with van der Waals surface area (Å²) in [6, 6.07) is 2.28. The summed E-state index contributed by atoms with van der Waals surface area (Å²) in [6.07, 6.45) is 0. The minimum atomic E-state index is -1.10. The van der Waals surface area contributed by atoms with Gasteiger partial charge in [0.2, 0.25) is 5.82 Å². The van der Waals surface area contributed by atoms with E-state index in [4.69, 9.17) is 0 Å². The lowest BCUT2D eigenvalue weighted by molar-refractivity contribution is -0.387. The van der Waals surface area contributed by atoms with Gasteiger partial charge in [-0.05, 0) is 28.9 Å². The van der Waals surface area contributed by atoms with E-state index < -0.39 is 22.2 Å². The van der Waals surface area contributed by atoms with E-state index in [1.165, 1.54) is 6.07 Å². The van der Waals surface area contributed by atoms with Crippen LogP contribution in [0, 0.1) is 15.9 Å². The molecule has 14 heavy (non-hydrogen) atoms. The van der Waals surface area contributed by atoms with Gasteiger partial charge in [0.15, 0.2) is 5.78 Å². The normalized spacial score (nSPS) is 9.93. The van der Waals surface area contributed by atoms with Gasteiger partial charge in [0.25, 0.3) is 0 Å². The van der Waals surface area contributed by atoms with E-state index in [-0.39, 0.29) is 10.0 Å². The molecule has 1 aromatic rings. The summed E-state index contributed by atoms with van der Waals surface area (Å²) in [4.78, 5) is 20.4. The van der Waals surface area contributed by atoms with E-state index in [0.29, 0.717) is 0 Å². The molecule has 0 aliphatic heterocycles. The third kappa shape index (κ3) is 1.79.